The molecule has 0 radical (unpaired) electrons. The van der Waals surface area contributed by atoms with Gasteiger partial charge in [0.15, 0.2) is 0 Å². The lowest BCUT2D eigenvalue weighted by Gasteiger charge is -2.22. The fourth-order valence-corrected chi connectivity index (χ4v) is 4.02. The summed E-state index contributed by atoms with van der Waals surface area (Å²) in [6.45, 7) is 4.49. The van der Waals surface area contributed by atoms with Gasteiger partial charge in [-0.3, -0.25) is 9.78 Å². The molecule has 2 N–H and O–H groups in total. The quantitative estimate of drug-likeness (QED) is 0.646. The lowest BCUT2D eigenvalue weighted by atomic mass is 10.00. The highest BCUT2D eigenvalue weighted by Gasteiger charge is 2.22. The van der Waals surface area contributed by atoms with E-state index in [0.29, 0.717) is 49.3 Å². The third kappa shape index (κ3) is 5.98. The highest BCUT2D eigenvalue weighted by Crippen LogP contribution is 2.29. The second kappa shape index (κ2) is 11.1. The molecule has 0 aliphatic carbocycles. The Morgan fingerprint density at radius 2 is 2.06 bits per heavy atom. The van der Waals surface area contributed by atoms with Crippen LogP contribution in [0.4, 0.5) is 10.2 Å². The van der Waals surface area contributed by atoms with E-state index in [4.69, 9.17) is 21.1 Å². The number of rotatable bonds is 7. The van der Waals surface area contributed by atoms with Crippen LogP contribution in [0.25, 0.3) is 11.3 Å². The summed E-state index contributed by atoms with van der Waals surface area (Å²) in [6.07, 6.45) is 4.85. The maximum Gasteiger partial charge on any atom is 0.239 e. The molecule has 8 nitrogen and oxygen atoms in total. The van der Waals surface area contributed by atoms with E-state index in [0.717, 1.165) is 32.6 Å². The summed E-state index contributed by atoms with van der Waals surface area (Å²) in [5, 5.41) is 6.67. The van der Waals surface area contributed by atoms with E-state index in [1.807, 2.05) is 0 Å². The lowest BCUT2D eigenvalue weighted by molar-refractivity contribution is -0.123. The van der Waals surface area contributed by atoms with Gasteiger partial charge in [0.25, 0.3) is 0 Å². The number of Topliss-reactive ketones (excluding diaryl/α,β-unsaturated/α-hetero) is 1. The van der Waals surface area contributed by atoms with Crippen molar-refractivity contribution in [2.24, 2.45) is 11.8 Å². The Bertz CT molecular complexity index is 934. The molecule has 0 bridgehead atoms. The smallest absolute Gasteiger partial charge is 0.239 e. The van der Waals surface area contributed by atoms with Crippen molar-refractivity contribution in [3.8, 4) is 11.3 Å². The first-order valence-corrected chi connectivity index (χ1v) is 11.3. The minimum Gasteiger partial charge on any atom is -0.381 e. The monoisotopic (exact) mass is 463 g/mol. The summed E-state index contributed by atoms with van der Waals surface area (Å²) in [6, 6.07) is 1.61. The van der Waals surface area contributed by atoms with Crippen LogP contribution in [0.2, 0.25) is 5.02 Å². The van der Waals surface area contributed by atoms with Crippen LogP contribution < -0.4 is 10.6 Å². The van der Waals surface area contributed by atoms with Crippen molar-refractivity contribution in [2.75, 3.05) is 51.4 Å². The van der Waals surface area contributed by atoms with Gasteiger partial charge in [-0.1, -0.05) is 11.6 Å². The Labute approximate surface area is 191 Å². The van der Waals surface area contributed by atoms with E-state index >= 15 is 0 Å². The molecular weight excluding hydrogens is 437 g/mol. The van der Waals surface area contributed by atoms with Gasteiger partial charge in [-0.25, -0.2) is 9.97 Å². The fourth-order valence-electron chi connectivity index (χ4n) is 3.83. The second-order valence-electron chi connectivity index (χ2n) is 8.11. The molecule has 2 aliphatic heterocycles. The highest BCUT2D eigenvalue weighted by atomic mass is 35.5. The van der Waals surface area contributed by atoms with Gasteiger partial charge in [0.1, 0.15) is 17.3 Å². The normalized spacial score (nSPS) is 20.0. The van der Waals surface area contributed by atoms with E-state index in [9.17, 15) is 9.18 Å². The third-order valence-corrected chi connectivity index (χ3v) is 6.05. The van der Waals surface area contributed by atoms with Gasteiger partial charge >= 0.3 is 0 Å². The number of anilines is 1. The Balaban J connectivity index is 1.49. The average molecular weight is 464 g/mol. The molecule has 2 aliphatic rings. The number of ether oxygens (including phenoxy) is 2. The van der Waals surface area contributed by atoms with Gasteiger partial charge in [-0.15, -0.1) is 0 Å². The summed E-state index contributed by atoms with van der Waals surface area (Å²) in [5.41, 5.74) is 0.891. The summed E-state index contributed by atoms with van der Waals surface area (Å²) >= 11 is 6.31. The van der Waals surface area contributed by atoms with E-state index in [1.165, 1.54) is 12.4 Å². The maximum absolute atomic E-state index is 14.6. The predicted octanol–water partition coefficient (Wildman–Crippen LogP) is 2.52. The van der Waals surface area contributed by atoms with Gasteiger partial charge in [-0.2, -0.15) is 4.39 Å². The molecule has 172 valence electrons. The van der Waals surface area contributed by atoms with Crippen LogP contribution in [-0.2, 0) is 20.7 Å². The lowest BCUT2D eigenvalue weighted by Crippen LogP contribution is -2.30. The second-order valence-corrected chi connectivity index (χ2v) is 8.51. The van der Waals surface area contributed by atoms with Crippen molar-refractivity contribution in [1.82, 2.24) is 20.3 Å². The molecule has 10 heteroatoms. The van der Waals surface area contributed by atoms with Crippen molar-refractivity contribution in [3.05, 3.63) is 35.1 Å². The van der Waals surface area contributed by atoms with Crippen molar-refractivity contribution >= 4 is 23.2 Å². The number of carbonyl (C=O) groups excluding carboxylic acids is 1. The average Bonchev–Trinajstić information content (AvgIpc) is 3.10. The Morgan fingerprint density at radius 1 is 1.22 bits per heavy atom. The minimum absolute atomic E-state index is 0.0126. The fraction of sp³-hybridized carbons (Fsp3) is 0.545. The number of carbonyl (C=O) groups is 1. The number of ketones is 1. The molecule has 4 rings (SSSR count). The first-order valence-electron chi connectivity index (χ1n) is 10.9. The van der Waals surface area contributed by atoms with Crippen molar-refractivity contribution in [2.45, 2.75) is 19.3 Å². The van der Waals surface area contributed by atoms with Crippen LogP contribution in [0.3, 0.4) is 0 Å². The van der Waals surface area contributed by atoms with Gasteiger partial charge in [0, 0.05) is 56.7 Å². The first kappa shape index (κ1) is 23.0. The number of nitrogens with zero attached hydrogens (tertiary/aromatic N) is 3. The molecule has 2 saturated heterocycles. The summed E-state index contributed by atoms with van der Waals surface area (Å²) in [5.74, 6) is -0.0108. The summed E-state index contributed by atoms with van der Waals surface area (Å²) in [7, 11) is 0. The summed E-state index contributed by atoms with van der Waals surface area (Å²) < 4.78 is 25.4. The molecule has 0 amide bonds. The zero-order valence-corrected chi connectivity index (χ0v) is 18.5. The molecule has 0 aromatic carbocycles. The number of pyridine rings is 1. The predicted molar refractivity (Wildman–Crippen MR) is 118 cm³/mol. The molecule has 2 aromatic rings. The van der Waals surface area contributed by atoms with Gasteiger partial charge in [0.05, 0.1) is 30.4 Å². The number of hydrogen-bond acceptors (Lipinski definition) is 8. The molecular formula is C22H27ClFN5O3. The molecule has 32 heavy (non-hydrogen) atoms. The zero-order chi connectivity index (χ0) is 22.3. The Hall–Kier alpha value is -2.20. The Morgan fingerprint density at radius 3 is 2.91 bits per heavy atom. The van der Waals surface area contributed by atoms with Crippen LogP contribution in [0, 0.1) is 17.8 Å². The van der Waals surface area contributed by atoms with E-state index in [-0.39, 0.29) is 28.8 Å². The van der Waals surface area contributed by atoms with Gasteiger partial charge < -0.3 is 20.1 Å². The largest absolute Gasteiger partial charge is 0.381 e. The molecule has 0 unspecified atom stereocenters. The zero-order valence-electron chi connectivity index (χ0n) is 17.8. The Kier molecular flexibility index (Phi) is 7.96. The number of hydrogen-bond donors (Lipinski definition) is 2. The number of halogens is 2. The van der Waals surface area contributed by atoms with Crippen LogP contribution in [0.5, 0.6) is 0 Å². The van der Waals surface area contributed by atoms with Crippen LogP contribution in [0.15, 0.2) is 18.5 Å². The SMILES string of the molecule is O=C(Cc1cc(-c2nc(NCC3CCOCC3)cnc2F)c(Cl)cn1)[C@@H]1CNCCOC1. The van der Waals surface area contributed by atoms with Crippen molar-refractivity contribution < 1.29 is 18.7 Å². The van der Waals surface area contributed by atoms with Crippen LogP contribution in [-0.4, -0.2) is 66.8 Å². The molecule has 0 spiro atoms. The standard InChI is InChI=1S/C22H27ClFN5O3/c23-18-11-26-16(8-19(30)15-10-25-3-6-32-13-15)7-17(18)21-22(24)28-12-20(29-21)27-9-14-1-4-31-5-2-14/h7,11-12,14-15,25H,1-6,8-10,13H2,(H,27,29)/t15-/m1/s1. The van der Waals surface area contributed by atoms with E-state index < -0.39 is 5.95 Å². The molecule has 4 heterocycles. The number of nitrogens with one attached hydrogen (secondary N) is 2. The van der Waals surface area contributed by atoms with Crippen molar-refractivity contribution in [3.63, 3.8) is 0 Å². The minimum atomic E-state index is -0.728. The van der Waals surface area contributed by atoms with Gasteiger partial charge in [-0.05, 0) is 24.8 Å². The van der Waals surface area contributed by atoms with E-state index in [1.54, 1.807) is 6.07 Å². The molecule has 1 atom stereocenters. The molecule has 2 aromatic heterocycles. The van der Waals surface area contributed by atoms with Crippen molar-refractivity contribution in [1.29, 1.82) is 0 Å². The summed E-state index contributed by atoms with van der Waals surface area (Å²) in [4.78, 5) is 25.2. The van der Waals surface area contributed by atoms with Crippen LogP contribution in [0.1, 0.15) is 18.5 Å². The highest BCUT2D eigenvalue weighted by molar-refractivity contribution is 6.33. The molecule has 0 saturated carbocycles. The van der Waals surface area contributed by atoms with Crippen LogP contribution >= 0.6 is 11.6 Å². The maximum atomic E-state index is 14.6. The third-order valence-electron chi connectivity index (χ3n) is 5.75. The topological polar surface area (TPSA) is 98.3 Å². The number of aromatic nitrogens is 3. The van der Waals surface area contributed by atoms with E-state index in [2.05, 4.69) is 25.6 Å². The first-order chi connectivity index (χ1) is 15.6. The molecule has 2 fully saturated rings. The van der Waals surface area contributed by atoms with Gasteiger partial charge in [0.2, 0.25) is 5.95 Å².